The lowest BCUT2D eigenvalue weighted by atomic mass is 10.2. The summed E-state index contributed by atoms with van der Waals surface area (Å²) in [5.74, 6) is 1.13. The van der Waals surface area contributed by atoms with Gasteiger partial charge in [0.1, 0.15) is 5.82 Å². The smallest absolute Gasteiger partial charge is 0.173 e. The molecule has 84 valence electrons. The van der Waals surface area contributed by atoms with Crippen LogP contribution < -0.4 is 0 Å². The van der Waals surface area contributed by atoms with Crippen LogP contribution in [0, 0.1) is 0 Å². The summed E-state index contributed by atoms with van der Waals surface area (Å²) in [6.45, 7) is 0. The third-order valence-corrected chi connectivity index (χ3v) is 4.01. The Morgan fingerprint density at radius 2 is 2.38 bits per heavy atom. The molecule has 0 aliphatic carbocycles. The largest absolute Gasteiger partial charge is 0.338 e. The van der Waals surface area contributed by atoms with Gasteiger partial charge in [0.25, 0.3) is 0 Å². The standard InChI is InChI=1S/C11H11BrN2OS/c1-14-7-6-13-11(14)5-2-8(15)9-3-4-10(12)16-9/h3-4,6-7H,2,5H2,1H3. The van der Waals surface area contributed by atoms with Crippen molar-refractivity contribution in [3.63, 3.8) is 0 Å². The van der Waals surface area contributed by atoms with Gasteiger partial charge in [0.2, 0.25) is 0 Å². The first-order valence-electron chi connectivity index (χ1n) is 4.91. The minimum atomic E-state index is 0.179. The summed E-state index contributed by atoms with van der Waals surface area (Å²) in [4.78, 5) is 16.8. The topological polar surface area (TPSA) is 34.9 Å². The molecular weight excluding hydrogens is 288 g/mol. The van der Waals surface area contributed by atoms with Crippen LogP contribution in [0.3, 0.4) is 0 Å². The fourth-order valence-corrected chi connectivity index (χ4v) is 2.80. The van der Waals surface area contributed by atoms with Gasteiger partial charge in [-0.05, 0) is 28.1 Å². The van der Waals surface area contributed by atoms with Crippen LogP contribution in [0.15, 0.2) is 28.3 Å². The van der Waals surface area contributed by atoms with Gasteiger partial charge in [-0.1, -0.05) is 0 Å². The molecule has 0 amide bonds. The van der Waals surface area contributed by atoms with Gasteiger partial charge >= 0.3 is 0 Å². The van der Waals surface area contributed by atoms with Gasteiger partial charge in [0, 0.05) is 32.3 Å². The maximum absolute atomic E-state index is 11.8. The van der Waals surface area contributed by atoms with Crippen LogP contribution in [0.4, 0.5) is 0 Å². The van der Waals surface area contributed by atoms with Crippen molar-refractivity contribution in [1.29, 1.82) is 0 Å². The Labute approximate surface area is 106 Å². The molecule has 2 heterocycles. The van der Waals surface area contributed by atoms with Crippen LogP contribution in [-0.4, -0.2) is 15.3 Å². The zero-order valence-electron chi connectivity index (χ0n) is 8.81. The molecule has 0 saturated heterocycles. The Hall–Kier alpha value is -0.940. The van der Waals surface area contributed by atoms with E-state index in [4.69, 9.17) is 0 Å². The van der Waals surface area contributed by atoms with Crippen molar-refractivity contribution in [2.75, 3.05) is 0 Å². The monoisotopic (exact) mass is 298 g/mol. The Morgan fingerprint density at radius 3 is 2.94 bits per heavy atom. The molecule has 5 heteroatoms. The highest BCUT2D eigenvalue weighted by Gasteiger charge is 2.10. The number of carbonyl (C=O) groups is 1. The summed E-state index contributed by atoms with van der Waals surface area (Å²) in [5.41, 5.74) is 0. The molecule has 0 fully saturated rings. The van der Waals surface area contributed by atoms with E-state index in [-0.39, 0.29) is 5.78 Å². The zero-order valence-corrected chi connectivity index (χ0v) is 11.2. The Bertz CT molecular complexity index is 504. The van der Waals surface area contributed by atoms with Gasteiger partial charge in [0.05, 0.1) is 8.66 Å². The van der Waals surface area contributed by atoms with E-state index in [1.54, 1.807) is 6.20 Å². The van der Waals surface area contributed by atoms with E-state index in [0.717, 1.165) is 14.5 Å². The van der Waals surface area contributed by atoms with Crippen molar-refractivity contribution in [2.45, 2.75) is 12.8 Å². The van der Waals surface area contributed by atoms with Crippen molar-refractivity contribution < 1.29 is 4.79 Å². The lowest BCUT2D eigenvalue weighted by Gasteiger charge is -1.99. The molecule has 0 atom stereocenters. The van der Waals surface area contributed by atoms with Crippen molar-refractivity contribution in [3.05, 3.63) is 39.0 Å². The normalized spacial score (nSPS) is 10.6. The Morgan fingerprint density at radius 1 is 1.56 bits per heavy atom. The molecular formula is C11H11BrN2OS. The van der Waals surface area contributed by atoms with Gasteiger partial charge in [-0.25, -0.2) is 4.98 Å². The minimum absolute atomic E-state index is 0.179. The molecule has 2 aromatic heterocycles. The molecule has 0 bridgehead atoms. The average molecular weight is 299 g/mol. The third-order valence-electron chi connectivity index (χ3n) is 2.34. The minimum Gasteiger partial charge on any atom is -0.338 e. The van der Waals surface area contributed by atoms with E-state index < -0.39 is 0 Å². The Kier molecular flexibility index (Phi) is 3.56. The summed E-state index contributed by atoms with van der Waals surface area (Å²) in [6.07, 6.45) is 4.85. The number of aryl methyl sites for hydroxylation is 2. The average Bonchev–Trinajstić information content (AvgIpc) is 2.84. The summed E-state index contributed by atoms with van der Waals surface area (Å²) >= 11 is 4.83. The highest BCUT2D eigenvalue weighted by atomic mass is 79.9. The number of imidazole rings is 1. The lowest BCUT2D eigenvalue weighted by molar-refractivity contribution is 0.0986. The van der Waals surface area contributed by atoms with Gasteiger partial charge in [-0.15, -0.1) is 11.3 Å². The first kappa shape index (κ1) is 11.5. The highest BCUT2D eigenvalue weighted by molar-refractivity contribution is 9.11. The molecule has 16 heavy (non-hydrogen) atoms. The van der Waals surface area contributed by atoms with Crippen molar-refractivity contribution in [1.82, 2.24) is 9.55 Å². The van der Waals surface area contributed by atoms with E-state index in [2.05, 4.69) is 20.9 Å². The second kappa shape index (κ2) is 4.93. The maximum atomic E-state index is 11.8. The van der Waals surface area contributed by atoms with Crippen molar-refractivity contribution >= 4 is 33.0 Å². The number of halogens is 1. The number of aromatic nitrogens is 2. The number of hydrogen-bond donors (Lipinski definition) is 0. The van der Waals surface area contributed by atoms with E-state index >= 15 is 0 Å². The van der Waals surface area contributed by atoms with E-state index in [1.807, 2.05) is 29.9 Å². The molecule has 0 unspecified atom stereocenters. The first-order valence-corrected chi connectivity index (χ1v) is 6.52. The highest BCUT2D eigenvalue weighted by Crippen LogP contribution is 2.23. The quantitative estimate of drug-likeness (QED) is 0.813. The fourth-order valence-electron chi connectivity index (χ4n) is 1.45. The summed E-state index contributed by atoms with van der Waals surface area (Å²) in [5, 5.41) is 0. The van der Waals surface area contributed by atoms with Gasteiger partial charge in [-0.2, -0.15) is 0 Å². The zero-order chi connectivity index (χ0) is 11.5. The molecule has 2 rings (SSSR count). The number of nitrogens with zero attached hydrogens (tertiary/aromatic N) is 2. The van der Waals surface area contributed by atoms with E-state index in [0.29, 0.717) is 12.8 Å². The van der Waals surface area contributed by atoms with Crippen LogP contribution >= 0.6 is 27.3 Å². The lowest BCUT2D eigenvalue weighted by Crippen LogP contribution is -2.03. The summed E-state index contributed by atoms with van der Waals surface area (Å²) < 4.78 is 2.94. The van der Waals surface area contributed by atoms with Crippen molar-refractivity contribution in [3.8, 4) is 0 Å². The fraction of sp³-hybridized carbons (Fsp3) is 0.273. The molecule has 0 radical (unpaired) electrons. The van der Waals surface area contributed by atoms with Crippen LogP contribution in [-0.2, 0) is 13.5 Å². The van der Waals surface area contributed by atoms with Crippen LogP contribution in [0.1, 0.15) is 21.9 Å². The molecule has 0 N–H and O–H groups in total. The number of Topliss-reactive ketones (excluding diaryl/α,β-unsaturated/α-hetero) is 1. The summed E-state index contributed by atoms with van der Waals surface area (Å²) in [7, 11) is 1.94. The number of rotatable bonds is 4. The van der Waals surface area contributed by atoms with Crippen LogP contribution in [0.5, 0.6) is 0 Å². The second-order valence-electron chi connectivity index (χ2n) is 3.48. The number of hydrogen-bond acceptors (Lipinski definition) is 3. The van der Waals surface area contributed by atoms with Crippen LogP contribution in [0.25, 0.3) is 0 Å². The third kappa shape index (κ3) is 2.59. The Balaban J connectivity index is 1.96. The molecule has 0 aromatic carbocycles. The molecule has 3 nitrogen and oxygen atoms in total. The molecule has 0 aliphatic rings. The predicted octanol–water partition coefficient (Wildman–Crippen LogP) is 3.06. The first-order chi connectivity index (χ1) is 7.66. The maximum Gasteiger partial charge on any atom is 0.173 e. The van der Waals surface area contributed by atoms with Crippen LogP contribution in [0.2, 0.25) is 0 Å². The molecule has 2 aromatic rings. The number of carbonyl (C=O) groups excluding carboxylic acids is 1. The predicted molar refractivity (Wildman–Crippen MR) is 67.9 cm³/mol. The number of ketones is 1. The van der Waals surface area contributed by atoms with E-state index in [9.17, 15) is 4.79 Å². The summed E-state index contributed by atoms with van der Waals surface area (Å²) in [6, 6.07) is 3.76. The van der Waals surface area contributed by atoms with Gasteiger partial charge < -0.3 is 4.57 Å². The van der Waals surface area contributed by atoms with E-state index in [1.165, 1.54) is 11.3 Å². The van der Waals surface area contributed by atoms with Gasteiger partial charge in [0.15, 0.2) is 5.78 Å². The van der Waals surface area contributed by atoms with Crippen molar-refractivity contribution in [2.24, 2.45) is 7.05 Å². The second-order valence-corrected chi connectivity index (χ2v) is 5.94. The molecule has 0 spiro atoms. The molecule has 0 aliphatic heterocycles. The van der Waals surface area contributed by atoms with Gasteiger partial charge in [-0.3, -0.25) is 4.79 Å². The molecule has 0 saturated carbocycles. The number of thiophene rings is 1. The SMILES string of the molecule is Cn1ccnc1CCC(=O)c1ccc(Br)s1.